The van der Waals surface area contributed by atoms with Crippen LogP contribution in [-0.2, 0) is 27.9 Å². The molecule has 0 rings (SSSR count). The van der Waals surface area contributed by atoms with Gasteiger partial charge in [0.05, 0.1) is 33.8 Å². The van der Waals surface area contributed by atoms with Crippen molar-refractivity contribution in [2.75, 3.05) is 40.9 Å². The largest absolute Gasteiger partial charge is 0.472 e. The summed E-state index contributed by atoms with van der Waals surface area (Å²) in [6.07, 6.45) is 67.9. The second-order valence-electron chi connectivity index (χ2n) is 22.2. The number of quaternary nitrogens is 1. The molecular weight excluding hydrogens is 940 g/mol. The second kappa shape index (κ2) is 54.1. The third-order valence-electron chi connectivity index (χ3n) is 13.7. The van der Waals surface area contributed by atoms with E-state index >= 15 is 0 Å². The lowest BCUT2D eigenvalue weighted by molar-refractivity contribution is -0.870. The van der Waals surface area contributed by atoms with Gasteiger partial charge < -0.3 is 19.4 Å². The third kappa shape index (κ3) is 54.5. The number of unbranched alkanes of at least 4 members (excludes halogenated alkanes) is 32. The molecule has 0 saturated carbocycles. The number of likely N-dealkylation sites (N-methyl/N-ethyl adjacent to an activating group) is 1. The summed E-state index contributed by atoms with van der Waals surface area (Å²) in [6.45, 7) is 6.95. The minimum atomic E-state index is -4.45. The first-order chi connectivity index (χ1) is 35.9. The van der Waals surface area contributed by atoms with Gasteiger partial charge in [0.1, 0.15) is 19.3 Å². The zero-order chi connectivity index (χ0) is 54.3. The number of carbonyl (C=O) groups excluding carboxylic acids is 2. The number of rotatable bonds is 56. The molecule has 0 aliphatic carbocycles. The highest BCUT2D eigenvalue weighted by molar-refractivity contribution is 7.47. The van der Waals surface area contributed by atoms with Crippen LogP contribution in [0.3, 0.4) is 0 Å². The lowest BCUT2D eigenvalue weighted by Crippen LogP contribution is -2.47. The predicted octanol–water partition coefficient (Wildman–Crippen LogP) is 19.1. The quantitative estimate of drug-likeness (QED) is 0.0205. The van der Waals surface area contributed by atoms with Crippen LogP contribution in [0.4, 0.5) is 0 Å². The van der Waals surface area contributed by atoms with E-state index < -0.39 is 20.0 Å². The highest BCUT2D eigenvalue weighted by Crippen LogP contribution is 2.43. The Morgan fingerprint density at radius 1 is 0.473 bits per heavy atom. The predicted molar refractivity (Wildman–Crippen MR) is 318 cm³/mol. The number of hydrogen-bond acceptors (Lipinski definition) is 6. The van der Waals surface area contributed by atoms with Crippen molar-refractivity contribution in [2.24, 2.45) is 0 Å². The van der Waals surface area contributed by atoms with E-state index in [1.165, 1.54) is 154 Å². The number of esters is 1. The number of nitrogens with one attached hydrogen (secondary N) is 1. The summed E-state index contributed by atoms with van der Waals surface area (Å²) in [4.78, 5) is 37.6. The lowest BCUT2D eigenvalue weighted by atomic mass is 10.0. The first-order valence-electron chi connectivity index (χ1n) is 31.1. The maximum atomic E-state index is 13.5. The molecule has 0 aromatic heterocycles. The topological polar surface area (TPSA) is 111 Å². The molecule has 1 amide bonds. The molecule has 0 aromatic rings. The van der Waals surface area contributed by atoms with Crippen LogP contribution in [0.1, 0.15) is 284 Å². The van der Waals surface area contributed by atoms with Gasteiger partial charge in [-0.25, -0.2) is 4.57 Å². The fraction of sp³-hybridized carbons (Fsp3) is 0.812. The van der Waals surface area contributed by atoms with E-state index in [0.717, 1.165) is 96.3 Å². The van der Waals surface area contributed by atoms with Gasteiger partial charge in [-0.1, -0.05) is 242 Å². The molecule has 0 radical (unpaired) electrons. The SMILES string of the molecule is CCCC/C=C\CCCCCCCC(=O)OC(/C=C\CCCCCCCCCCCC)C(COP(=O)(O)OCC[N+](C)(C)C)NC(=O)CCCCCCCCCCCCCC/C=C\C/C=C\C/C=C\CCCCC. The number of nitrogens with zero attached hydrogens (tertiary/aromatic N) is 1. The average Bonchev–Trinajstić information content (AvgIpc) is 3.36. The van der Waals surface area contributed by atoms with Crippen molar-refractivity contribution in [3.63, 3.8) is 0 Å². The minimum absolute atomic E-state index is 0.0380. The zero-order valence-corrected chi connectivity index (χ0v) is 50.2. The van der Waals surface area contributed by atoms with E-state index in [0.29, 0.717) is 17.4 Å². The fourth-order valence-electron chi connectivity index (χ4n) is 8.81. The first-order valence-corrected chi connectivity index (χ1v) is 32.6. The zero-order valence-electron chi connectivity index (χ0n) is 49.3. The van der Waals surface area contributed by atoms with Crippen LogP contribution >= 0.6 is 7.82 Å². The molecule has 432 valence electrons. The summed E-state index contributed by atoms with van der Waals surface area (Å²) in [5.74, 6) is -0.514. The molecular formula is C64H120N2O7P+. The Labute approximate surface area is 458 Å². The van der Waals surface area contributed by atoms with Crippen LogP contribution in [-0.4, -0.2) is 74.3 Å². The number of hydrogen-bond donors (Lipinski definition) is 2. The van der Waals surface area contributed by atoms with Crippen LogP contribution in [0, 0.1) is 0 Å². The van der Waals surface area contributed by atoms with Gasteiger partial charge in [0.25, 0.3) is 0 Å². The number of amides is 1. The maximum absolute atomic E-state index is 13.5. The Kier molecular flexibility index (Phi) is 52.4. The Hall–Kier alpha value is -2.29. The summed E-state index contributed by atoms with van der Waals surface area (Å²) in [5.41, 5.74) is 0. The highest BCUT2D eigenvalue weighted by atomic mass is 31.2. The van der Waals surface area contributed by atoms with Crippen molar-refractivity contribution >= 4 is 19.7 Å². The van der Waals surface area contributed by atoms with E-state index in [9.17, 15) is 19.0 Å². The number of phosphoric ester groups is 1. The Balaban J connectivity index is 5.08. The van der Waals surface area contributed by atoms with Gasteiger partial charge in [-0.15, -0.1) is 0 Å². The smallest absolute Gasteiger partial charge is 0.456 e. The van der Waals surface area contributed by atoms with Crippen LogP contribution in [0.25, 0.3) is 0 Å². The van der Waals surface area contributed by atoms with E-state index in [4.69, 9.17) is 13.8 Å². The van der Waals surface area contributed by atoms with Crippen molar-refractivity contribution in [3.05, 3.63) is 60.8 Å². The highest BCUT2D eigenvalue weighted by Gasteiger charge is 2.30. The van der Waals surface area contributed by atoms with Gasteiger partial charge in [0.2, 0.25) is 5.91 Å². The van der Waals surface area contributed by atoms with E-state index in [1.807, 2.05) is 33.3 Å². The monoisotopic (exact) mass is 1060 g/mol. The average molecular weight is 1060 g/mol. The molecule has 0 spiro atoms. The third-order valence-corrected chi connectivity index (χ3v) is 14.7. The molecule has 0 fully saturated rings. The van der Waals surface area contributed by atoms with E-state index in [2.05, 4.69) is 74.7 Å². The molecule has 0 aromatic carbocycles. The van der Waals surface area contributed by atoms with Gasteiger partial charge >= 0.3 is 13.8 Å². The molecule has 0 bridgehead atoms. The van der Waals surface area contributed by atoms with Gasteiger partial charge in [-0.3, -0.25) is 18.6 Å². The van der Waals surface area contributed by atoms with Gasteiger partial charge in [0.15, 0.2) is 0 Å². The normalized spacial score (nSPS) is 14.1. The van der Waals surface area contributed by atoms with Crippen LogP contribution in [0.2, 0.25) is 0 Å². The lowest BCUT2D eigenvalue weighted by Gasteiger charge is -2.27. The molecule has 9 nitrogen and oxygen atoms in total. The number of carbonyl (C=O) groups is 2. The van der Waals surface area contributed by atoms with Crippen molar-refractivity contribution < 1.29 is 37.3 Å². The van der Waals surface area contributed by atoms with Gasteiger partial charge in [-0.2, -0.15) is 0 Å². The van der Waals surface area contributed by atoms with Crippen LogP contribution in [0.5, 0.6) is 0 Å². The van der Waals surface area contributed by atoms with Gasteiger partial charge in [-0.05, 0) is 89.5 Å². The standard InChI is InChI=1S/C64H119N2O7P/c1-7-10-13-16-19-22-25-27-28-29-30-31-32-33-34-35-36-37-38-39-42-44-47-50-53-56-63(67)65-61(60-72-74(69,70)71-59-58-66(4,5)6)62(55-52-49-46-43-41-26-23-20-17-14-11-8-2)73-64(68)57-54-51-48-45-40-24-21-18-15-12-9-3/h18-19,21-22,27-28,30-31,52,55,61-62H,7-17,20,23-26,29,32-51,53-54,56-60H2,1-6H3,(H-,65,67,69,70)/p+1/b21-18-,22-19-,28-27-,31-30-,55-52-. The summed E-state index contributed by atoms with van der Waals surface area (Å²) in [7, 11) is 1.49. The molecule has 0 saturated heterocycles. The maximum Gasteiger partial charge on any atom is 0.472 e. The molecule has 2 N–H and O–H groups in total. The molecule has 10 heteroatoms. The van der Waals surface area contributed by atoms with Crippen molar-refractivity contribution in [2.45, 2.75) is 296 Å². The summed E-state index contributed by atoms with van der Waals surface area (Å²) in [6, 6.07) is -0.852. The second-order valence-corrected chi connectivity index (χ2v) is 23.7. The minimum Gasteiger partial charge on any atom is -0.456 e. The number of ether oxygens (including phenoxy) is 1. The van der Waals surface area contributed by atoms with E-state index in [-0.39, 0.29) is 31.5 Å². The molecule has 3 atom stereocenters. The van der Waals surface area contributed by atoms with Crippen molar-refractivity contribution in [3.8, 4) is 0 Å². The molecule has 0 heterocycles. The molecule has 0 aliphatic heterocycles. The Morgan fingerprint density at radius 2 is 0.838 bits per heavy atom. The first kappa shape index (κ1) is 71.7. The van der Waals surface area contributed by atoms with Crippen molar-refractivity contribution in [1.29, 1.82) is 0 Å². The van der Waals surface area contributed by atoms with Gasteiger partial charge in [0, 0.05) is 12.8 Å². The Morgan fingerprint density at radius 3 is 1.31 bits per heavy atom. The summed E-state index contributed by atoms with van der Waals surface area (Å²) >= 11 is 0. The molecule has 0 aliphatic rings. The fourth-order valence-corrected chi connectivity index (χ4v) is 9.55. The number of allylic oxidation sites excluding steroid dienone is 9. The van der Waals surface area contributed by atoms with E-state index in [1.54, 1.807) is 0 Å². The molecule has 3 unspecified atom stereocenters. The number of phosphoric acid groups is 1. The van der Waals surface area contributed by atoms with Crippen LogP contribution in [0.15, 0.2) is 60.8 Å². The van der Waals surface area contributed by atoms with Crippen LogP contribution < -0.4 is 5.32 Å². The summed E-state index contributed by atoms with van der Waals surface area (Å²) in [5, 5.41) is 3.05. The molecule has 74 heavy (non-hydrogen) atoms. The van der Waals surface area contributed by atoms with Crippen molar-refractivity contribution in [1.82, 2.24) is 5.32 Å². The summed E-state index contributed by atoms with van der Waals surface area (Å²) < 4.78 is 30.6. The Bertz CT molecular complexity index is 1450.